The highest BCUT2D eigenvalue weighted by Gasteiger charge is 2.18. The van der Waals surface area contributed by atoms with Crippen LogP contribution in [0, 0.1) is 0 Å². The number of pyridine rings is 1. The van der Waals surface area contributed by atoms with Crippen molar-refractivity contribution in [1.29, 1.82) is 0 Å². The summed E-state index contributed by atoms with van der Waals surface area (Å²) in [6.07, 6.45) is 1.72. The molecule has 0 aliphatic carbocycles. The van der Waals surface area contributed by atoms with E-state index >= 15 is 0 Å². The SMILES string of the molecule is CNc1nc2cnc(Nc3cccc(Cl)c3)cc2n1-c1cc(OC)c(OC)c(OC)c1. The monoisotopic (exact) mass is 439 g/mol. The van der Waals surface area contributed by atoms with Crippen LogP contribution in [0.5, 0.6) is 17.2 Å². The number of rotatable bonds is 7. The van der Waals surface area contributed by atoms with Crippen molar-refractivity contribution in [2.75, 3.05) is 39.0 Å². The molecule has 0 fully saturated rings. The van der Waals surface area contributed by atoms with E-state index < -0.39 is 0 Å². The highest BCUT2D eigenvalue weighted by atomic mass is 35.5. The maximum atomic E-state index is 6.10. The van der Waals surface area contributed by atoms with Gasteiger partial charge in [0.15, 0.2) is 11.5 Å². The maximum absolute atomic E-state index is 6.10. The van der Waals surface area contributed by atoms with Crippen LogP contribution in [0.4, 0.5) is 17.5 Å². The molecule has 2 aromatic carbocycles. The Morgan fingerprint density at radius 3 is 2.32 bits per heavy atom. The number of methoxy groups -OCH3 is 3. The summed E-state index contributed by atoms with van der Waals surface area (Å²) in [6.45, 7) is 0. The van der Waals surface area contributed by atoms with Gasteiger partial charge in [0.05, 0.1) is 38.7 Å². The molecule has 160 valence electrons. The smallest absolute Gasteiger partial charge is 0.208 e. The third-order valence-electron chi connectivity index (χ3n) is 4.77. The Labute approximate surface area is 184 Å². The molecule has 2 heterocycles. The number of nitrogens with zero attached hydrogens (tertiary/aromatic N) is 3. The molecule has 4 aromatic rings. The maximum Gasteiger partial charge on any atom is 0.208 e. The Morgan fingerprint density at radius 2 is 1.71 bits per heavy atom. The van der Waals surface area contributed by atoms with Crippen LogP contribution in [0.3, 0.4) is 0 Å². The van der Waals surface area contributed by atoms with E-state index in [1.54, 1.807) is 27.5 Å². The molecule has 0 unspecified atom stereocenters. The number of fused-ring (bicyclic) bond motifs is 1. The average molecular weight is 440 g/mol. The van der Waals surface area contributed by atoms with Gasteiger partial charge in [-0.05, 0) is 18.2 Å². The third-order valence-corrected chi connectivity index (χ3v) is 5.00. The first kappa shape index (κ1) is 20.6. The first-order valence-corrected chi connectivity index (χ1v) is 9.85. The summed E-state index contributed by atoms with van der Waals surface area (Å²) >= 11 is 6.10. The number of hydrogen-bond acceptors (Lipinski definition) is 7. The average Bonchev–Trinajstić information content (AvgIpc) is 3.16. The molecule has 31 heavy (non-hydrogen) atoms. The fourth-order valence-corrected chi connectivity index (χ4v) is 3.58. The Hall–Kier alpha value is -3.65. The molecule has 0 radical (unpaired) electrons. The zero-order valence-corrected chi connectivity index (χ0v) is 18.3. The quantitative estimate of drug-likeness (QED) is 0.424. The summed E-state index contributed by atoms with van der Waals surface area (Å²) in [6, 6.07) is 13.1. The minimum atomic E-state index is 0.522. The molecule has 9 heteroatoms. The number of nitrogens with one attached hydrogen (secondary N) is 2. The molecule has 0 spiro atoms. The van der Waals surface area contributed by atoms with Gasteiger partial charge in [0.25, 0.3) is 0 Å². The van der Waals surface area contributed by atoms with Gasteiger partial charge in [-0.25, -0.2) is 9.97 Å². The summed E-state index contributed by atoms with van der Waals surface area (Å²) in [5, 5.41) is 7.06. The fourth-order valence-electron chi connectivity index (χ4n) is 3.39. The predicted octanol–water partition coefficient (Wildman–Crippen LogP) is 4.89. The zero-order valence-electron chi connectivity index (χ0n) is 17.6. The highest BCUT2D eigenvalue weighted by molar-refractivity contribution is 6.30. The lowest BCUT2D eigenvalue weighted by molar-refractivity contribution is 0.324. The van der Waals surface area contributed by atoms with Gasteiger partial charge in [0.2, 0.25) is 11.7 Å². The summed E-state index contributed by atoms with van der Waals surface area (Å²) in [5.74, 6) is 2.92. The van der Waals surface area contributed by atoms with Gasteiger partial charge in [-0.15, -0.1) is 0 Å². The van der Waals surface area contributed by atoms with Gasteiger partial charge in [-0.3, -0.25) is 4.57 Å². The Kier molecular flexibility index (Phi) is 5.73. The number of anilines is 3. The van der Waals surface area contributed by atoms with Gasteiger partial charge in [0.1, 0.15) is 11.3 Å². The van der Waals surface area contributed by atoms with Crippen LogP contribution in [0.2, 0.25) is 5.02 Å². The number of benzene rings is 2. The van der Waals surface area contributed by atoms with E-state index in [-0.39, 0.29) is 0 Å². The molecular weight excluding hydrogens is 418 g/mol. The normalized spacial score (nSPS) is 10.7. The minimum absolute atomic E-state index is 0.522. The summed E-state index contributed by atoms with van der Waals surface area (Å²) < 4.78 is 18.5. The second-order valence-electron chi connectivity index (χ2n) is 6.60. The number of ether oxygens (including phenoxy) is 3. The van der Waals surface area contributed by atoms with E-state index in [4.69, 9.17) is 25.8 Å². The van der Waals surface area contributed by atoms with Crippen LogP contribution in [0.1, 0.15) is 0 Å². The molecule has 0 atom stereocenters. The molecule has 0 aliphatic rings. The molecular formula is C22H22ClN5O3. The van der Waals surface area contributed by atoms with Gasteiger partial charge in [0, 0.05) is 36.0 Å². The highest BCUT2D eigenvalue weighted by Crippen LogP contribution is 2.40. The van der Waals surface area contributed by atoms with E-state index in [2.05, 4.69) is 20.6 Å². The Balaban J connectivity index is 1.87. The molecule has 0 saturated carbocycles. The fraction of sp³-hybridized carbons (Fsp3) is 0.182. The topological polar surface area (TPSA) is 82.5 Å². The van der Waals surface area contributed by atoms with Crippen LogP contribution >= 0.6 is 11.6 Å². The molecule has 0 aliphatic heterocycles. The third kappa shape index (κ3) is 3.89. The van der Waals surface area contributed by atoms with Crippen LogP contribution in [-0.2, 0) is 0 Å². The van der Waals surface area contributed by atoms with Crippen molar-refractivity contribution in [3.05, 3.63) is 53.7 Å². The summed E-state index contributed by atoms with van der Waals surface area (Å²) in [5.41, 5.74) is 3.21. The van der Waals surface area contributed by atoms with Crippen molar-refractivity contribution in [2.24, 2.45) is 0 Å². The van der Waals surface area contributed by atoms with Crippen molar-refractivity contribution >= 4 is 40.1 Å². The first-order chi connectivity index (χ1) is 15.1. The molecule has 0 saturated heterocycles. The van der Waals surface area contributed by atoms with Crippen LogP contribution in [0.25, 0.3) is 16.7 Å². The van der Waals surface area contributed by atoms with E-state index in [1.165, 1.54) is 0 Å². The van der Waals surface area contributed by atoms with Gasteiger partial charge >= 0.3 is 0 Å². The molecule has 0 bridgehead atoms. The molecule has 4 rings (SSSR count). The first-order valence-electron chi connectivity index (χ1n) is 9.47. The lowest BCUT2D eigenvalue weighted by Crippen LogP contribution is -2.04. The predicted molar refractivity (Wildman–Crippen MR) is 123 cm³/mol. The number of imidazole rings is 1. The molecule has 0 amide bonds. The van der Waals surface area contributed by atoms with Crippen LogP contribution in [0.15, 0.2) is 48.7 Å². The van der Waals surface area contributed by atoms with Crippen molar-refractivity contribution < 1.29 is 14.2 Å². The van der Waals surface area contributed by atoms with E-state index in [0.717, 1.165) is 22.4 Å². The van der Waals surface area contributed by atoms with E-state index in [0.29, 0.717) is 34.0 Å². The number of halogens is 1. The minimum Gasteiger partial charge on any atom is -0.493 e. The van der Waals surface area contributed by atoms with Gasteiger partial charge in [-0.1, -0.05) is 17.7 Å². The summed E-state index contributed by atoms with van der Waals surface area (Å²) in [4.78, 5) is 9.13. The zero-order chi connectivity index (χ0) is 22.0. The second-order valence-corrected chi connectivity index (χ2v) is 7.03. The van der Waals surface area contributed by atoms with Crippen molar-refractivity contribution in [2.45, 2.75) is 0 Å². The van der Waals surface area contributed by atoms with Gasteiger partial charge in [-0.2, -0.15) is 0 Å². The standard InChI is InChI=1S/C22H22ClN5O3/c1-24-22-27-16-12-25-20(26-14-7-5-6-13(23)8-14)11-17(16)28(22)15-9-18(29-2)21(31-4)19(10-15)30-3/h5-12H,1-4H3,(H,24,27)(H,25,26). The van der Waals surface area contributed by atoms with E-state index in [9.17, 15) is 0 Å². The van der Waals surface area contributed by atoms with Crippen molar-refractivity contribution in [3.63, 3.8) is 0 Å². The lowest BCUT2D eigenvalue weighted by atomic mass is 10.2. The second kappa shape index (κ2) is 8.61. The van der Waals surface area contributed by atoms with E-state index in [1.807, 2.05) is 54.1 Å². The largest absolute Gasteiger partial charge is 0.493 e. The van der Waals surface area contributed by atoms with Crippen molar-refractivity contribution in [3.8, 4) is 22.9 Å². The van der Waals surface area contributed by atoms with Gasteiger partial charge < -0.3 is 24.8 Å². The lowest BCUT2D eigenvalue weighted by Gasteiger charge is -2.16. The Morgan fingerprint density at radius 1 is 0.968 bits per heavy atom. The van der Waals surface area contributed by atoms with Crippen LogP contribution < -0.4 is 24.8 Å². The summed E-state index contributed by atoms with van der Waals surface area (Å²) in [7, 11) is 6.56. The number of aromatic nitrogens is 3. The molecule has 8 nitrogen and oxygen atoms in total. The Bertz CT molecular complexity index is 1220. The number of hydrogen-bond donors (Lipinski definition) is 2. The molecule has 2 N–H and O–H groups in total. The van der Waals surface area contributed by atoms with Crippen molar-refractivity contribution in [1.82, 2.24) is 14.5 Å². The molecule has 2 aromatic heterocycles. The van der Waals surface area contributed by atoms with Crippen LogP contribution in [-0.4, -0.2) is 42.9 Å².